The van der Waals surface area contributed by atoms with Gasteiger partial charge in [0.25, 0.3) is 3.85 Å². The van der Waals surface area contributed by atoms with Gasteiger partial charge in [0, 0.05) is 16.6 Å². The van der Waals surface area contributed by atoms with Gasteiger partial charge < -0.3 is 4.74 Å². The fraction of sp³-hybridized carbons (Fsp3) is 1.00. The third kappa shape index (κ3) is 5.95. The van der Waals surface area contributed by atoms with Crippen molar-refractivity contribution in [3.05, 3.63) is 0 Å². The molecule has 9 heavy (non-hydrogen) atoms. The first kappa shape index (κ1) is 10.5. The van der Waals surface area contributed by atoms with E-state index in [1.807, 2.05) is 0 Å². The Kier molecular flexibility index (Phi) is 6.10. The van der Waals surface area contributed by atoms with Crippen LogP contribution in [0.5, 0.6) is 0 Å². The Hall–Kier alpha value is 1.53. The SMILES string of the molecule is CCOC(Cl)(Cl)SSCl. The van der Waals surface area contributed by atoms with Gasteiger partial charge in [0.2, 0.25) is 0 Å². The smallest absolute Gasteiger partial charge is 0.278 e. The van der Waals surface area contributed by atoms with E-state index in [1.54, 1.807) is 6.92 Å². The molecule has 0 saturated carbocycles. The van der Waals surface area contributed by atoms with Crippen LogP contribution in [0.4, 0.5) is 0 Å². The second-order valence-corrected chi connectivity index (χ2v) is 5.63. The minimum atomic E-state index is -1.21. The van der Waals surface area contributed by atoms with Gasteiger partial charge in [0.1, 0.15) is 0 Å². The predicted octanol–water partition coefficient (Wildman–Crippen LogP) is 3.65. The van der Waals surface area contributed by atoms with Crippen LogP contribution < -0.4 is 0 Å². The fourth-order valence-corrected chi connectivity index (χ4v) is 3.00. The van der Waals surface area contributed by atoms with Gasteiger partial charge in [-0.2, -0.15) is 0 Å². The molecular weight excluding hydrogens is 223 g/mol. The van der Waals surface area contributed by atoms with E-state index in [0.717, 1.165) is 20.8 Å². The summed E-state index contributed by atoms with van der Waals surface area (Å²) in [6, 6.07) is 0. The van der Waals surface area contributed by atoms with E-state index in [-0.39, 0.29) is 0 Å². The Morgan fingerprint density at radius 1 is 1.56 bits per heavy atom. The van der Waals surface area contributed by atoms with Gasteiger partial charge in [-0.15, -0.1) is 0 Å². The van der Waals surface area contributed by atoms with Crippen LogP contribution in [-0.2, 0) is 4.74 Å². The number of hydrogen-bond acceptors (Lipinski definition) is 3. The molecule has 0 spiro atoms. The van der Waals surface area contributed by atoms with Crippen LogP contribution in [0.25, 0.3) is 0 Å². The van der Waals surface area contributed by atoms with Crippen molar-refractivity contribution in [2.45, 2.75) is 10.8 Å². The van der Waals surface area contributed by atoms with Crippen LogP contribution in [0.3, 0.4) is 0 Å². The van der Waals surface area contributed by atoms with Gasteiger partial charge in [-0.3, -0.25) is 0 Å². The summed E-state index contributed by atoms with van der Waals surface area (Å²) in [5.74, 6) is 0. The molecule has 1 nitrogen and oxygen atoms in total. The second kappa shape index (κ2) is 5.22. The second-order valence-electron chi connectivity index (χ2n) is 1.04. The summed E-state index contributed by atoms with van der Waals surface area (Å²) >= 11 is 11.1. The average molecular weight is 228 g/mol. The third-order valence-electron chi connectivity index (χ3n) is 0.441. The highest BCUT2D eigenvalue weighted by atomic mass is 35.7. The summed E-state index contributed by atoms with van der Waals surface area (Å²) in [6.07, 6.45) is 0. The summed E-state index contributed by atoms with van der Waals surface area (Å²) in [5, 5.41) is 0. The number of rotatable bonds is 4. The Balaban J connectivity index is 3.43. The van der Waals surface area contributed by atoms with Gasteiger partial charge in [-0.05, 0) is 28.4 Å². The van der Waals surface area contributed by atoms with Crippen molar-refractivity contribution in [3.8, 4) is 0 Å². The summed E-state index contributed by atoms with van der Waals surface area (Å²) in [5.41, 5.74) is 0. The molecule has 0 aliphatic carbocycles. The predicted molar refractivity (Wildman–Crippen MR) is 47.1 cm³/mol. The lowest BCUT2D eigenvalue weighted by molar-refractivity contribution is 0.149. The minimum absolute atomic E-state index is 0.470. The van der Waals surface area contributed by atoms with E-state index in [2.05, 4.69) is 0 Å². The van der Waals surface area contributed by atoms with Crippen molar-refractivity contribution >= 4 is 54.7 Å². The van der Waals surface area contributed by atoms with E-state index >= 15 is 0 Å². The molecule has 56 valence electrons. The molecule has 0 rings (SSSR count). The molecule has 0 amide bonds. The summed E-state index contributed by atoms with van der Waals surface area (Å²) in [7, 11) is 7.25. The molecule has 0 saturated heterocycles. The summed E-state index contributed by atoms with van der Waals surface area (Å²) < 4.78 is 3.65. The van der Waals surface area contributed by atoms with Crippen molar-refractivity contribution in [3.63, 3.8) is 0 Å². The Morgan fingerprint density at radius 3 is 2.44 bits per heavy atom. The summed E-state index contributed by atoms with van der Waals surface area (Å²) in [6.45, 7) is 2.27. The van der Waals surface area contributed by atoms with E-state index in [4.69, 9.17) is 38.6 Å². The van der Waals surface area contributed by atoms with Crippen molar-refractivity contribution in [2.24, 2.45) is 0 Å². The molecule has 6 heteroatoms. The van der Waals surface area contributed by atoms with Crippen LogP contribution in [0.1, 0.15) is 6.92 Å². The topological polar surface area (TPSA) is 9.23 Å². The van der Waals surface area contributed by atoms with Crippen molar-refractivity contribution < 1.29 is 4.74 Å². The maximum Gasteiger partial charge on any atom is 0.278 e. The lowest BCUT2D eigenvalue weighted by atomic mass is 10.9. The molecule has 0 heterocycles. The molecule has 0 bridgehead atoms. The van der Waals surface area contributed by atoms with Gasteiger partial charge in [0.05, 0.1) is 0 Å². The minimum Gasteiger partial charge on any atom is -0.338 e. The molecule has 0 unspecified atom stereocenters. The van der Waals surface area contributed by atoms with Crippen LogP contribution in [0, 0.1) is 0 Å². The molecule has 0 N–H and O–H groups in total. The monoisotopic (exact) mass is 226 g/mol. The molecule has 0 fully saturated rings. The van der Waals surface area contributed by atoms with Gasteiger partial charge in [0.15, 0.2) is 0 Å². The van der Waals surface area contributed by atoms with Crippen molar-refractivity contribution in [1.82, 2.24) is 0 Å². The highest BCUT2D eigenvalue weighted by Crippen LogP contribution is 2.45. The van der Waals surface area contributed by atoms with Crippen molar-refractivity contribution in [2.75, 3.05) is 6.61 Å². The van der Waals surface area contributed by atoms with Crippen LogP contribution in [0.15, 0.2) is 0 Å². The summed E-state index contributed by atoms with van der Waals surface area (Å²) in [4.78, 5) is 0. The van der Waals surface area contributed by atoms with Crippen LogP contribution >= 0.6 is 54.7 Å². The van der Waals surface area contributed by atoms with Gasteiger partial charge in [-0.25, -0.2) is 0 Å². The largest absolute Gasteiger partial charge is 0.338 e. The standard InChI is InChI=1S/C3H5Cl3OS2/c1-2-7-3(4,5)8-9-6/h2H2,1H3. The van der Waals surface area contributed by atoms with Gasteiger partial charge >= 0.3 is 0 Å². The van der Waals surface area contributed by atoms with E-state index in [1.165, 1.54) is 0 Å². The zero-order chi connectivity index (χ0) is 7.33. The number of alkyl halides is 2. The fourth-order valence-electron chi connectivity index (χ4n) is 0.229. The molecule has 0 atom stereocenters. The average Bonchev–Trinajstić information content (AvgIpc) is 1.64. The highest BCUT2D eigenvalue weighted by Gasteiger charge is 2.24. The van der Waals surface area contributed by atoms with E-state index in [0.29, 0.717) is 6.61 Å². The zero-order valence-electron chi connectivity index (χ0n) is 4.57. The first-order chi connectivity index (χ1) is 4.12. The molecule has 0 aromatic rings. The lowest BCUT2D eigenvalue weighted by Crippen LogP contribution is -2.10. The quantitative estimate of drug-likeness (QED) is 0.412. The molecule has 0 aliphatic heterocycles. The molecule has 0 aromatic heterocycles. The maximum atomic E-state index is 5.54. The zero-order valence-corrected chi connectivity index (χ0v) is 8.47. The maximum absolute atomic E-state index is 5.54. The third-order valence-corrected chi connectivity index (χ3v) is 3.51. The Labute approximate surface area is 76.6 Å². The van der Waals surface area contributed by atoms with Crippen LogP contribution in [-0.4, -0.2) is 10.5 Å². The van der Waals surface area contributed by atoms with E-state index < -0.39 is 3.85 Å². The first-order valence-electron chi connectivity index (χ1n) is 2.10. The number of halogens is 3. The molecule has 0 radical (unpaired) electrons. The normalized spacial score (nSPS) is 12.0. The molecular formula is C3H5Cl3OS2. The Morgan fingerprint density at radius 2 is 2.11 bits per heavy atom. The number of ether oxygens (including phenoxy) is 1. The van der Waals surface area contributed by atoms with Gasteiger partial charge in [-0.1, -0.05) is 23.2 Å². The first-order valence-corrected chi connectivity index (χ1v) is 5.83. The van der Waals surface area contributed by atoms with Crippen LogP contribution in [0.2, 0.25) is 0 Å². The van der Waals surface area contributed by atoms with E-state index in [9.17, 15) is 0 Å². The lowest BCUT2D eigenvalue weighted by Gasteiger charge is -2.14. The molecule has 0 aliphatic rings. The Bertz CT molecular complexity index is 71.5. The molecule has 0 aromatic carbocycles. The highest BCUT2D eigenvalue weighted by molar-refractivity contribution is 8.86. The number of hydrogen-bond donors (Lipinski definition) is 0. The van der Waals surface area contributed by atoms with Crippen molar-refractivity contribution in [1.29, 1.82) is 0 Å².